The van der Waals surface area contributed by atoms with Crippen LogP contribution in [0, 0.1) is 0 Å². The van der Waals surface area contributed by atoms with Gasteiger partial charge in [0.25, 0.3) is 5.91 Å². The Morgan fingerprint density at radius 2 is 1.68 bits per heavy atom. The van der Waals surface area contributed by atoms with Gasteiger partial charge in [0, 0.05) is 18.1 Å². The van der Waals surface area contributed by atoms with E-state index in [0.29, 0.717) is 5.75 Å². The maximum atomic E-state index is 13.1. The molecule has 0 atom stereocenters. The standard InChI is InChI=1S/C24H26F3NO5Si/c1-14(29)28-19-11-10-16(32-24(25,26)27)13-18(19)20(22(28)31)21(30)15-8-7-9-17(12-15)33-34(5,6)23(2,3)4/h7-13,30H,1-6H3/b21-20-. The van der Waals surface area contributed by atoms with Gasteiger partial charge in [-0.15, -0.1) is 13.2 Å². The summed E-state index contributed by atoms with van der Waals surface area (Å²) < 4.78 is 48.4. The first kappa shape index (κ1) is 25.4. The molecule has 182 valence electrons. The van der Waals surface area contributed by atoms with Gasteiger partial charge >= 0.3 is 6.36 Å². The molecule has 0 aromatic heterocycles. The molecule has 2 amide bonds. The number of fused-ring (bicyclic) bond motifs is 1. The predicted molar refractivity (Wildman–Crippen MR) is 125 cm³/mol. The summed E-state index contributed by atoms with van der Waals surface area (Å²) in [6.07, 6.45) is -4.95. The van der Waals surface area contributed by atoms with Gasteiger partial charge in [-0.05, 0) is 48.5 Å². The van der Waals surface area contributed by atoms with Crippen LogP contribution in [0.25, 0.3) is 11.3 Å². The number of imide groups is 1. The Morgan fingerprint density at radius 1 is 1.03 bits per heavy atom. The van der Waals surface area contributed by atoms with E-state index in [1.807, 2.05) is 0 Å². The predicted octanol–water partition coefficient (Wildman–Crippen LogP) is 6.29. The fourth-order valence-electron chi connectivity index (χ4n) is 3.28. The van der Waals surface area contributed by atoms with Crippen LogP contribution in [0.2, 0.25) is 18.1 Å². The van der Waals surface area contributed by atoms with Crippen LogP contribution in [-0.2, 0) is 9.59 Å². The molecule has 0 radical (unpaired) electrons. The smallest absolute Gasteiger partial charge is 0.543 e. The largest absolute Gasteiger partial charge is 0.573 e. The van der Waals surface area contributed by atoms with E-state index in [1.54, 1.807) is 24.3 Å². The van der Waals surface area contributed by atoms with E-state index < -0.39 is 38.0 Å². The molecule has 0 saturated carbocycles. The monoisotopic (exact) mass is 493 g/mol. The minimum Gasteiger partial charge on any atom is -0.543 e. The fourth-order valence-corrected chi connectivity index (χ4v) is 4.31. The van der Waals surface area contributed by atoms with E-state index in [2.05, 4.69) is 38.6 Å². The first-order chi connectivity index (χ1) is 15.5. The Balaban J connectivity index is 2.12. The first-order valence-corrected chi connectivity index (χ1v) is 13.4. The van der Waals surface area contributed by atoms with Crippen molar-refractivity contribution in [2.75, 3.05) is 4.90 Å². The summed E-state index contributed by atoms with van der Waals surface area (Å²) in [4.78, 5) is 26.0. The molecule has 0 spiro atoms. The fraction of sp³-hybridized carbons (Fsp3) is 0.333. The van der Waals surface area contributed by atoms with Crippen LogP contribution in [0.3, 0.4) is 0 Å². The third-order valence-corrected chi connectivity index (χ3v) is 10.3. The molecule has 0 unspecified atom stereocenters. The number of carbonyl (C=O) groups is 2. The number of carbonyl (C=O) groups excluding carboxylic acids is 2. The zero-order valence-corrected chi connectivity index (χ0v) is 20.7. The van der Waals surface area contributed by atoms with Gasteiger partial charge in [0.05, 0.1) is 11.3 Å². The van der Waals surface area contributed by atoms with Gasteiger partial charge in [0.2, 0.25) is 14.2 Å². The van der Waals surface area contributed by atoms with Crippen molar-refractivity contribution < 1.29 is 37.0 Å². The lowest BCUT2D eigenvalue weighted by Gasteiger charge is -2.36. The van der Waals surface area contributed by atoms with Gasteiger partial charge in [0.1, 0.15) is 17.3 Å². The average molecular weight is 494 g/mol. The number of halogens is 3. The normalized spacial score (nSPS) is 15.8. The van der Waals surface area contributed by atoms with Crippen molar-refractivity contribution in [2.45, 2.75) is 52.2 Å². The second kappa shape index (κ2) is 8.50. The highest BCUT2D eigenvalue weighted by Gasteiger charge is 2.40. The van der Waals surface area contributed by atoms with E-state index in [1.165, 1.54) is 6.07 Å². The number of hydrogen-bond acceptors (Lipinski definition) is 5. The number of hydrogen-bond donors (Lipinski definition) is 1. The summed E-state index contributed by atoms with van der Waals surface area (Å²) in [7, 11) is -2.20. The Kier molecular flexibility index (Phi) is 6.34. The molecule has 1 N–H and O–H groups in total. The van der Waals surface area contributed by atoms with Crippen molar-refractivity contribution in [1.82, 2.24) is 0 Å². The minimum atomic E-state index is -4.95. The summed E-state index contributed by atoms with van der Waals surface area (Å²) >= 11 is 0. The van der Waals surface area contributed by atoms with Crippen LogP contribution in [0.5, 0.6) is 11.5 Å². The molecule has 2 aromatic carbocycles. The van der Waals surface area contributed by atoms with Gasteiger partial charge in [-0.2, -0.15) is 0 Å². The molecule has 0 bridgehead atoms. The van der Waals surface area contributed by atoms with Crippen LogP contribution in [-0.4, -0.2) is 31.6 Å². The number of aliphatic hydroxyl groups is 1. The molecular weight excluding hydrogens is 467 g/mol. The molecular formula is C24H26F3NO5Si. The molecule has 6 nitrogen and oxygen atoms in total. The molecule has 3 rings (SSSR count). The topological polar surface area (TPSA) is 76.1 Å². The SMILES string of the molecule is CC(=O)N1C(=O)/C(=C(\O)c2cccc(O[Si](C)(C)C(C)(C)C)c2)c2cc(OC(F)(F)F)ccc21. The number of rotatable bonds is 4. The third kappa shape index (κ3) is 4.96. The second-order valence-corrected chi connectivity index (χ2v) is 14.2. The van der Waals surface area contributed by atoms with E-state index in [-0.39, 0.29) is 27.4 Å². The van der Waals surface area contributed by atoms with Crippen LogP contribution < -0.4 is 14.1 Å². The number of amides is 2. The van der Waals surface area contributed by atoms with Crippen LogP contribution in [0.1, 0.15) is 38.8 Å². The Morgan fingerprint density at radius 3 is 2.24 bits per heavy atom. The van der Waals surface area contributed by atoms with E-state index >= 15 is 0 Å². The summed E-state index contributed by atoms with van der Waals surface area (Å²) in [6.45, 7) is 11.5. The van der Waals surface area contributed by atoms with Crippen molar-refractivity contribution in [3.8, 4) is 11.5 Å². The molecule has 10 heteroatoms. The summed E-state index contributed by atoms with van der Waals surface area (Å²) in [5.41, 5.74) is -0.0715. The summed E-state index contributed by atoms with van der Waals surface area (Å²) in [6, 6.07) is 9.62. The van der Waals surface area contributed by atoms with Crippen molar-refractivity contribution >= 4 is 37.2 Å². The maximum absolute atomic E-state index is 13.1. The third-order valence-electron chi connectivity index (χ3n) is 5.97. The summed E-state index contributed by atoms with van der Waals surface area (Å²) in [5, 5.41) is 11.0. The highest BCUT2D eigenvalue weighted by Crippen LogP contribution is 2.43. The van der Waals surface area contributed by atoms with Crippen molar-refractivity contribution in [1.29, 1.82) is 0 Å². The highest BCUT2D eigenvalue weighted by molar-refractivity contribution is 6.74. The van der Waals surface area contributed by atoms with Gasteiger partial charge in [-0.3, -0.25) is 9.59 Å². The lowest BCUT2D eigenvalue weighted by molar-refractivity contribution is -0.274. The summed E-state index contributed by atoms with van der Waals surface area (Å²) in [5.74, 6) is -2.07. The molecule has 1 heterocycles. The van der Waals surface area contributed by atoms with Crippen LogP contribution in [0.15, 0.2) is 42.5 Å². The molecule has 0 saturated heterocycles. The number of anilines is 1. The quantitative estimate of drug-likeness (QED) is 0.308. The lowest BCUT2D eigenvalue weighted by atomic mass is 10.0. The van der Waals surface area contributed by atoms with Gasteiger partial charge < -0.3 is 14.3 Å². The maximum Gasteiger partial charge on any atom is 0.573 e. The minimum absolute atomic E-state index is 0.0461. The van der Waals surface area contributed by atoms with Gasteiger partial charge in [-0.1, -0.05) is 32.9 Å². The van der Waals surface area contributed by atoms with Crippen LogP contribution in [0.4, 0.5) is 18.9 Å². The highest BCUT2D eigenvalue weighted by atomic mass is 28.4. The lowest BCUT2D eigenvalue weighted by Crippen LogP contribution is -2.43. The second-order valence-electron chi connectivity index (χ2n) is 9.50. The molecule has 34 heavy (non-hydrogen) atoms. The Labute approximate surface area is 196 Å². The van der Waals surface area contributed by atoms with Gasteiger partial charge in [-0.25, -0.2) is 4.90 Å². The van der Waals surface area contributed by atoms with E-state index in [4.69, 9.17) is 4.43 Å². The first-order valence-electron chi connectivity index (χ1n) is 10.5. The number of aliphatic hydroxyl groups excluding tert-OH is 1. The van der Waals surface area contributed by atoms with E-state index in [9.17, 15) is 27.9 Å². The Bertz CT molecular complexity index is 1180. The number of nitrogens with zero attached hydrogens (tertiary/aromatic N) is 1. The Hall–Kier alpha value is -3.27. The van der Waals surface area contributed by atoms with E-state index in [0.717, 1.165) is 24.0 Å². The molecule has 1 aliphatic rings. The molecule has 2 aromatic rings. The van der Waals surface area contributed by atoms with Crippen molar-refractivity contribution in [2.24, 2.45) is 0 Å². The molecule has 0 fully saturated rings. The molecule has 0 aliphatic carbocycles. The van der Waals surface area contributed by atoms with Crippen LogP contribution >= 0.6 is 0 Å². The zero-order valence-electron chi connectivity index (χ0n) is 19.7. The van der Waals surface area contributed by atoms with Crippen molar-refractivity contribution in [3.63, 3.8) is 0 Å². The number of ether oxygens (including phenoxy) is 1. The van der Waals surface area contributed by atoms with Gasteiger partial charge in [0.15, 0.2) is 0 Å². The average Bonchev–Trinajstić information content (AvgIpc) is 2.96. The van der Waals surface area contributed by atoms with Crippen molar-refractivity contribution in [3.05, 3.63) is 53.6 Å². The molecule has 1 aliphatic heterocycles. The number of alkyl halides is 3. The zero-order chi connectivity index (χ0) is 25.6. The number of benzene rings is 2.